The summed E-state index contributed by atoms with van der Waals surface area (Å²) in [6.45, 7) is 11.1. The summed E-state index contributed by atoms with van der Waals surface area (Å²) in [7, 11) is 0. The number of para-hydroxylation sites is 3. The van der Waals surface area contributed by atoms with E-state index in [1.807, 2.05) is 60.8 Å². The van der Waals surface area contributed by atoms with Crippen LogP contribution in [0.3, 0.4) is 0 Å². The first-order valence-corrected chi connectivity index (χ1v) is 19.6. The van der Waals surface area contributed by atoms with Gasteiger partial charge in [-0.1, -0.05) is 168 Å². The summed E-state index contributed by atoms with van der Waals surface area (Å²) in [5, 5.41) is 0. The van der Waals surface area contributed by atoms with Crippen molar-refractivity contribution in [2.45, 2.75) is 45.4 Å². The fourth-order valence-electron chi connectivity index (χ4n) is 8.30. The SMILES string of the molecule is [2H]c1c([2H])c([2H])c(-c2cccc(-c3c([2H])c([2H])c([2H])c([2H])c3[2H])c2-[n+]2[c-]n(-c3cccc(Oc4ccc5c(c4)-c4c(-c6cc(C(C)(C)C)ccn6)cccc4C5(C)C)c3)c3ccccc32)c([2H])c1[2H]. The molecule has 0 fully saturated rings. The lowest BCUT2D eigenvalue weighted by atomic mass is 9.82. The number of pyridine rings is 1. The van der Waals surface area contributed by atoms with E-state index < -0.39 is 60.4 Å². The zero-order valence-corrected chi connectivity index (χ0v) is 33.3. The van der Waals surface area contributed by atoms with Crippen LogP contribution in [0.25, 0.3) is 67.0 Å². The van der Waals surface area contributed by atoms with E-state index in [1.165, 1.54) is 16.7 Å². The second kappa shape index (κ2) is 14.1. The van der Waals surface area contributed by atoms with Crippen LogP contribution in [-0.4, -0.2) is 9.55 Å². The van der Waals surface area contributed by atoms with Crippen molar-refractivity contribution >= 4 is 11.0 Å². The molecule has 0 amide bonds. The van der Waals surface area contributed by atoms with Crippen LogP contribution in [0.2, 0.25) is 0 Å². The predicted octanol–water partition coefficient (Wildman–Crippen LogP) is 13.5. The van der Waals surface area contributed by atoms with Crippen LogP contribution >= 0.6 is 0 Å². The Kier molecular flexibility index (Phi) is 6.41. The molecule has 0 bridgehead atoms. The zero-order valence-electron chi connectivity index (χ0n) is 43.3. The number of ether oxygens (including phenoxy) is 1. The molecule has 0 N–H and O–H groups in total. The number of rotatable bonds is 7. The lowest BCUT2D eigenvalue weighted by molar-refractivity contribution is -0.571. The zero-order chi connectivity index (χ0) is 49.0. The molecule has 4 heteroatoms. The van der Waals surface area contributed by atoms with E-state index in [0.29, 0.717) is 28.2 Å². The molecule has 59 heavy (non-hydrogen) atoms. The molecule has 0 unspecified atom stereocenters. The van der Waals surface area contributed by atoms with E-state index in [4.69, 9.17) is 23.4 Å². The third kappa shape index (κ3) is 6.33. The molecule has 10 rings (SSSR count). The van der Waals surface area contributed by atoms with Crippen LogP contribution in [0.5, 0.6) is 11.5 Å². The monoisotopic (exact) mass is 773 g/mol. The van der Waals surface area contributed by atoms with Crippen LogP contribution in [0.4, 0.5) is 0 Å². The van der Waals surface area contributed by atoms with Crippen molar-refractivity contribution in [3.05, 3.63) is 205 Å². The Balaban J connectivity index is 1.12. The van der Waals surface area contributed by atoms with Gasteiger partial charge in [-0.05, 0) is 98.0 Å². The minimum Gasteiger partial charge on any atom is -0.458 e. The van der Waals surface area contributed by atoms with E-state index in [1.54, 1.807) is 27.3 Å². The first-order chi connectivity index (χ1) is 32.8. The quantitative estimate of drug-likeness (QED) is 0.119. The summed E-state index contributed by atoms with van der Waals surface area (Å²) in [5.74, 6) is 1.17. The third-order valence-electron chi connectivity index (χ3n) is 11.2. The van der Waals surface area contributed by atoms with Gasteiger partial charge in [0.25, 0.3) is 6.33 Å². The van der Waals surface area contributed by atoms with Gasteiger partial charge in [0.1, 0.15) is 11.5 Å². The average Bonchev–Trinajstić information content (AvgIpc) is 3.83. The average molecular weight is 774 g/mol. The standard InChI is InChI=1S/C55H45N3O/c1-54(2,3)39-31-32-56-49(33-39)45-25-16-26-48-52(45)46-35-42(29-30-47(46)55(48,4)5)59-41-22-14-21-40(34-41)57-36-58(51-28-13-12-27-50(51)57)53-43(37-17-8-6-9-18-37)23-15-24-44(53)38-19-10-7-11-20-38/h6-35H,1-5H3/i6D,7D,8D,9D,10D,11D,17D,18D,19D,20D. The molecule has 0 radical (unpaired) electrons. The highest BCUT2D eigenvalue weighted by Crippen LogP contribution is 2.53. The molecule has 286 valence electrons. The Morgan fingerprint density at radius 3 is 2.03 bits per heavy atom. The summed E-state index contributed by atoms with van der Waals surface area (Å²) < 4.78 is 97.1. The van der Waals surface area contributed by atoms with E-state index >= 15 is 0 Å². The maximum atomic E-state index is 9.01. The lowest BCUT2D eigenvalue weighted by Gasteiger charge is -2.22. The molecule has 1 aliphatic carbocycles. The Morgan fingerprint density at radius 2 is 1.31 bits per heavy atom. The van der Waals surface area contributed by atoms with Gasteiger partial charge < -0.3 is 4.74 Å². The highest BCUT2D eigenvalue weighted by atomic mass is 16.5. The fraction of sp³-hybridized carbons (Fsp3) is 0.127. The van der Waals surface area contributed by atoms with Crippen molar-refractivity contribution in [1.29, 1.82) is 0 Å². The van der Waals surface area contributed by atoms with Crippen molar-refractivity contribution in [2.75, 3.05) is 0 Å². The molecular formula is C55H45N3O. The number of fused-ring (bicyclic) bond motifs is 4. The van der Waals surface area contributed by atoms with Gasteiger partial charge in [0.05, 0.1) is 41.8 Å². The number of nitrogens with zero attached hydrogens (tertiary/aromatic N) is 3. The molecule has 2 aromatic heterocycles. The van der Waals surface area contributed by atoms with Gasteiger partial charge in [-0.15, -0.1) is 0 Å². The highest BCUT2D eigenvalue weighted by Gasteiger charge is 2.37. The largest absolute Gasteiger partial charge is 0.458 e. The molecule has 7 aromatic carbocycles. The Morgan fingerprint density at radius 1 is 0.644 bits per heavy atom. The summed E-state index contributed by atoms with van der Waals surface area (Å²) >= 11 is 0. The topological polar surface area (TPSA) is 30.9 Å². The molecule has 4 nitrogen and oxygen atoms in total. The van der Waals surface area contributed by atoms with Crippen molar-refractivity contribution in [1.82, 2.24) is 9.55 Å². The molecule has 9 aromatic rings. The van der Waals surface area contributed by atoms with Gasteiger partial charge in [0, 0.05) is 17.2 Å². The summed E-state index contributed by atoms with van der Waals surface area (Å²) in [6.07, 6.45) is 5.33. The molecule has 0 atom stereocenters. The maximum Gasteiger partial charge on any atom is 0.269 e. The number of aromatic nitrogens is 3. The molecule has 0 spiro atoms. The van der Waals surface area contributed by atoms with Gasteiger partial charge in [-0.3, -0.25) is 14.1 Å². The van der Waals surface area contributed by atoms with Crippen molar-refractivity contribution in [2.24, 2.45) is 0 Å². The van der Waals surface area contributed by atoms with Crippen molar-refractivity contribution in [3.8, 4) is 67.5 Å². The number of benzene rings is 7. The van der Waals surface area contributed by atoms with Gasteiger partial charge >= 0.3 is 0 Å². The Labute approximate surface area is 360 Å². The highest BCUT2D eigenvalue weighted by molar-refractivity contribution is 5.92. The lowest BCUT2D eigenvalue weighted by Crippen LogP contribution is -2.31. The third-order valence-corrected chi connectivity index (χ3v) is 11.2. The van der Waals surface area contributed by atoms with Crippen molar-refractivity contribution in [3.63, 3.8) is 0 Å². The van der Waals surface area contributed by atoms with Crippen LogP contribution in [0.1, 0.15) is 65.0 Å². The molecule has 1 aliphatic rings. The second-order valence-electron chi connectivity index (χ2n) is 16.3. The first kappa shape index (κ1) is 26.8. The van der Waals surface area contributed by atoms with Gasteiger partial charge in [0.2, 0.25) is 0 Å². The molecule has 2 heterocycles. The molecular weight excluding hydrogens is 719 g/mol. The normalized spacial score (nSPS) is 15.3. The van der Waals surface area contributed by atoms with Crippen LogP contribution < -0.4 is 9.30 Å². The van der Waals surface area contributed by atoms with Crippen LogP contribution in [0.15, 0.2) is 182 Å². The molecule has 0 aliphatic heterocycles. The Hall–Kier alpha value is -7.04. The van der Waals surface area contributed by atoms with Crippen molar-refractivity contribution < 1.29 is 23.0 Å². The first-order valence-electron chi connectivity index (χ1n) is 24.6. The predicted molar refractivity (Wildman–Crippen MR) is 241 cm³/mol. The van der Waals surface area contributed by atoms with Crippen LogP contribution in [-0.2, 0) is 10.8 Å². The minimum absolute atomic E-state index is 0.0525. The van der Waals surface area contributed by atoms with Gasteiger partial charge in [-0.2, -0.15) is 0 Å². The maximum absolute atomic E-state index is 9.01. The molecule has 0 saturated carbocycles. The fourth-order valence-corrected chi connectivity index (χ4v) is 8.30. The van der Waals surface area contributed by atoms with E-state index in [-0.39, 0.29) is 38.8 Å². The number of hydrogen-bond donors (Lipinski definition) is 0. The van der Waals surface area contributed by atoms with Gasteiger partial charge in [0.15, 0.2) is 0 Å². The van der Waals surface area contributed by atoms with E-state index in [0.717, 1.165) is 22.4 Å². The number of imidazole rings is 1. The molecule has 0 saturated heterocycles. The minimum atomic E-state index is -0.563. The summed E-state index contributed by atoms with van der Waals surface area (Å²) in [4.78, 5) is 4.85. The number of hydrogen-bond acceptors (Lipinski definition) is 2. The summed E-state index contributed by atoms with van der Waals surface area (Å²) in [5.41, 5.74) is 9.57. The Bertz CT molecular complexity index is 3490. The second-order valence-corrected chi connectivity index (χ2v) is 16.3. The van der Waals surface area contributed by atoms with E-state index in [2.05, 4.69) is 83.4 Å². The van der Waals surface area contributed by atoms with Gasteiger partial charge in [-0.25, -0.2) is 0 Å². The van der Waals surface area contributed by atoms with E-state index in [9.17, 15) is 0 Å². The smallest absolute Gasteiger partial charge is 0.269 e. The summed E-state index contributed by atoms with van der Waals surface area (Å²) in [6, 6.07) is 31.4. The van der Waals surface area contributed by atoms with Crippen LogP contribution in [0, 0.1) is 6.33 Å².